The van der Waals surface area contributed by atoms with Gasteiger partial charge in [0.2, 0.25) is 5.91 Å². The van der Waals surface area contributed by atoms with Crippen LogP contribution in [0.15, 0.2) is 41.3 Å². The lowest BCUT2D eigenvalue weighted by Gasteiger charge is -2.13. The third-order valence-corrected chi connectivity index (χ3v) is 6.12. The molecule has 2 N–H and O–H groups in total. The molecule has 0 unspecified atom stereocenters. The number of sulfonamides is 1. The molecule has 1 saturated carbocycles. The minimum absolute atomic E-state index is 0.00610. The lowest BCUT2D eigenvalue weighted by Crippen LogP contribution is -2.26. The third-order valence-electron chi connectivity index (χ3n) is 4.59. The van der Waals surface area contributed by atoms with Crippen LogP contribution in [0.4, 0.5) is 5.69 Å². The van der Waals surface area contributed by atoms with Crippen LogP contribution < -0.4 is 10.0 Å². The van der Waals surface area contributed by atoms with Crippen LogP contribution in [-0.4, -0.2) is 20.4 Å². The highest BCUT2D eigenvalue weighted by Crippen LogP contribution is 2.23. The number of rotatable bonds is 6. The van der Waals surface area contributed by atoms with E-state index in [1.165, 1.54) is 0 Å². The maximum atomic E-state index is 12.7. The molecule has 0 aromatic heterocycles. The van der Waals surface area contributed by atoms with Gasteiger partial charge in [0.05, 0.1) is 11.3 Å². The number of hydrogen-bond acceptors (Lipinski definition) is 3. The smallest absolute Gasteiger partial charge is 0.262 e. The van der Waals surface area contributed by atoms with E-state index in [1.54, 1.807) is 37.3 Å². The molecular weight excluding hydrogens is 348 g/mol. The fraction of sp³-hybridized carbons (Fsp3) is 0.350. The topological polar surface area (TPSA) is 75.3 Å². The fourth-order valence-corrected chi connectivity index (χ4v) is 4.19. The molecule has 2 aromatic carbocycles. The largest absolute Gasteiger partial charge is 0.353 e. The van der Waals surface area contributed by atoms with Crippen molar-refractivity contribution in [2.45, 2.75) is 51.0 Å². The Labute approximate surface area is 154 Å². The Morgan fingerprint density at radius 2 is 1.62 bits per heavy atom. The number of carbonyl (C=O) groups is 1. The van der Waals surface area contributed by atoms with Crippen LogP contribution in [0.25, 0.3) is 0 Å². The van der Waals surface area contributed by atoms with Gasteiger partial charge in [0, 0.05) is 11.7 Å². The molecule has 3 rings (SSSR count). The van der Waals surface area contributed by atoms with E-state index in [4.69, 9.17) is 0 Å². The summed E-state index contributed by atoms with van der Waals surface area (Å²) in [5.74, 6) is 0.00610. The van der Waals surface area contributed by atoms with Gasteiger partial charge in [-0.2, -0.15) is 0 Å². The Kier molecular flexibility index (Phi) is 5.05. The zero-order valence-electron chi connectivity index (χ0n) is 15.3. The Bertz CT molecular complexity index is 930. The van der Waals surface area contributed by atoms with Crippen LogP contribution in [0.2, 0.25) is 0 Å². The van der Waals surface area contributed by atoms with E-state index in [1.807, 2.05) is 19.9 Å². The summed E-state index contributed by atoms with van der Waals surface area (Å²) in [5.41, 5.74) is 4.06. The van der Waals surface area contributed by atoms with Gasteiger partial charge >= 0.3 is 0 Å². The van der Waals surface area contributed by atoms with E-state index in [0.29, 0.717) is 23.7 Å². The van der Waals surface area contributed by atoms with Crippen LogP contribution in [-0.2, 0) is 21.2 Å². The highest BCUT2D eigenvalue weighted by atomic mass is 32.2. The van der Waals surface area contributed by atoms with Crippen molar-refractivity contribution in [1.29, 1.82) is 0 Å². The molecule has 6 heteroatoms. The number of anilines is 1. The van der Waals surface area contributed by atoms with Crippen molar-refractivity contribution in [3.63, 3.8) is 0 Å². The Morgan fingerprint density at radius 1 is 1.00 bits per heavy atom. The number of hydrogen-bond donors (Lipinski definition) is 2. The van der Waals surface area contributed by atoms with E-state index < -0.39 is 10.0 Å². The standard InChI is InChI=1S/C20H24N2O3S/c1-13-10-15(3)19(11-14(13)2)26(24,25)22-18-6-4-16(5-7-18)12-20(23)21-17-8-9-17/h4-7,10-11,17,22H,8-9,12H2,1-3H3,(H,21,23). The molecule has 26 heavy (non-hydrogen) atoms. The molecule has 0 heterocycles. The minimum atomic E-state index is -3.66. The van der Waals surface area contributed by atoms with Gasteiger partial charge in [-0.25, -0.2) is 8.42 Å². The van der Waals surface area contributed by atoms with E-state index in [9.17, 15) is 13.2 Å². The van der Waals surface area contributed by atoms with Crippen molar-refractivity contribution in [2.75, 3.05) is 4.72 Å². The van der Waals surface area contributed by atoms with Crippen molar-refractivity contribution < 1.29 is 13.2 Å². The first-order chi connectivity index (χ1) is 12.2. The summed E-state index contributed by atoms with van der Waals surface area (Å²) in [6.45, 7) is 5.65. The molecule has 1 amide bonds. The Hall–Kier alpha value is -2.34. The molecule has 0 spiro atoms. The van der Waals surface area contributed by atoms with Gasteiger partial charge in [-0.1, -0.05) is 18.2 Å². The summed E-state index contributed by atoms with van der Waals surface area (Å²) < 4.78 is 28.0. The highest BCUT2D eigenvalue weighted by Gasteiger charge is 2.23. The molecule has 0 bridgehead atoms. The zero-order valence-corrected chi connectivity index (χ0v) is 16.1. The minimum Gasteiger partial charge on any atom is -0.353 e. The second kappa shape index (κ2) is 7.11. The Morgan fingerprint density at radius 3 is 2.23 bits per heavy atom. The molecule has 0 saturated heterocycles. The number of benzene rings is 2. The van der Waals surface area contributed by atoms with Gasteiger partial charge in [0.25, 0.3) is 10.0 Å². The van der Waals surface area contributed by atoms with E-state index in [2.05, 4.69) is 10.0 Å². The molecule has 5 nitrogen and oxygen atoms in total. The van der Waals surface area contributed by atoms with Crippen LogP contribution in [0.1, 0.15) is 35.1 Å². The molecule has 0 aliphatic heterocycles. The van der Waals surface area contributed by atoms with Gasteiger partial charge in [0.1, 0.15) is 0 Å². The Balaban J connectivity index is 1.71. The summed E-state index contributed by atoms with van der Waals surface area (Å²) in [6, 6.07) is 10.8. The second-order valence-electron chi connectivity index (χ2n) is 7.02. The molecular formula is C20H24N2O3S. The summed E-state index contributed by atoms with van der Waals surface area (Å²) in [5, 5.41) is 2.94. The molecule has 1 aliphatic carbocycles. The quantitative estimate of drug-likeness (QED) is 0.817. The maximum absolute atomic E-state index is 12.7. The van der Waals surface area contributed by atoms with Crippen molar-refractivity contribution >= 4 is 21.6 Å². The van der Waals surface area contributed by atoms with Crippen molar-refractivity contribution in [1.82, 2.24) is 5.32 Å². The number of amides is 1. The first-order valence-electron chi connectivity index (χ1n) is 8.73. The fourth-order valence-electron chi connectivity index (χ4n) is 2.82. The van der Waals surface area contributed by atoms with Gasteiger partial charge in [-0.3, -0.25) is 9.52 Å². The van der Waals surface area contributed by atoms with Crippen LogP contribution in [0.5, 0.6) is 0 Å². The third kappa shape index (κ3) is 4.43. The first-order valence-corrected chi connectivity index (χ1v) is 10.2. The van der Waals surface area contributed by atoms with E-state index in [-0.39, 0.29) is 10.8 Å². The SMILES string of the molecule is Cc1cc(C)c(S(=O)(=O)Nc2ccc(CC(=O)NC3CC3)cc2)cc1C. The monoisotopic (exact) mass is 372 g/mol. The predicted octanol–water partition coefficient (Wildman–Crippen LogP) is 3.23. The number of aryl methyl sites for hydroxylation is 3. The summed E-state index contributed by atoms with van der Waals surface area (Å²) in [4.78, 5) is 12.1. The zero-order chi connectivity index (χ0) is 18.9. The highest BCUT2D eigenvalue weighted by molar-refractivity contribution is 7.92. The average molecular weight is 372 g/mol. The lowest BCUT2D eigenvalue weighted by molar-refractivity contribution is -0.120. The lowest BCUT2D eigenvalue weighted by atomic mass is 10.1. The summed E-state index contributed by atoms with van der Waals surface area (Å²) in [7, 11) is -3.66. The van der Waals surface area contributed by atoms with Crippen molar-refractivity contribution in [3.8, 4) is 0 Å². The summed E-state index contributed by atoms with van der Waals surface area (Å²) >= 11 is 0. The predicted molar refractivity (Wildman–Crippen MR) is 103 cm³/mol. The van der Waals surface area contributed by atoms with Crippen LogP contribution in [0, 0.1) is 20.8 Å². The van der Waals surface area contributed by atoms with Crippen molar-refractivity contribution in [3.05, 3.63) is 58.7 Å². The molecule has 0 radical (unpaired) electrons. The molecule has 138 valence electrons. The van der Waals surface area contributed by atoms with Gasteiger partial charge in [-0.15, -0.1) is 0 Å². The molecule has 1 fully saturated rings. The first kappa shape index (κ1) is 18.5. The molecule has 2 aromatic rings. The van der Waals surface area contributed by atoms with Gasteiger partial charge < -0.3 is 5.32 Å². The average Bonchev–Trinajstić information content (AvgIpc) is 3.36. The van der Waals surface area contributed by atoms with Gasteiger partial charge in [0.15, 0.2) is 0 Å². The van der Waals surface area contributed by atoms with Crippen LogP contribution in [0.3, 0.4) is 0 Å². The van der Waals surface area contributed by atoms with E-state index in [0.717, 1.165) is 29.5 Å². The van der Waals surface area contributed by atoms with Crippen molar-refractivity contribution in [2.24, 2.45) is 0 Å². The van der Waals surface area contributed by atoms with Crippen LogP contribution >= 0.6 is 0 Å². The van der Waals surface area contributed by atoms with Gasteiger partial charge in [-0.05, 0) is 74.1 Å². The second-order valence-corrected chi connectivity index (χ2v) is 8.67. The van der Waals surface area contributed by atoms with E-state index >= 15 is 0 Å². The number of carbonyl (C=O) groups excluding carboxylic acids is 1. The summed E-state index contributed by atoms with van der Waals surface area (Å²) in [6.07, 6.45) is 2.43. The maximum Gasteiger partial charge on any atom is 0.262 e. The normalized spacial score (nSPS) is 14.1. The number of nitrogens with one attached hydrogen (secondary N) is 2. The molecule has 1 aliphatic rings. The molecule has 0 atom stereocenters.